The van der Waals surface area contributed by atoms with Crippen LogP contribution in [0.5, 0.6) is 17.2 Å². The summed E-state index contributed by atoms with van der Waals surface area (Å²) in [6.07, 6.45) is 0.739. The Morgan fingerprint density at radius 2 is 0.949 bits per heavy atom. The Morgan fingerprint density at radius 3 is 1.41 bits per heavy atom. The van der Waals surface area contributed by atoms with Gasteiger partial charge in [0.15, 0.2) is 23.3 Å². The van der Waals surface area contributed by atoms with Crippen molar-refractivity contribution in [1.29, 1.82) is 0 Å². The first kappa shape index (κ1) is 43.4. The Labute approximate surface area is 325 Å². The fourth-order valence-corrected chi connectivity index (χ4v) is 8.53. The fourth-order valence-electron chi connectivity index (χ4n) is 6.01. The number of hydrogen-bond acceptors (Lipinski definition) is 10. The molecule has 6 rings (SSSR count). The third-order valence-electron chi connectivity index (χ3n) is 8.76. The van der Waals surface area contributed by atoms with Crippen LogP contribution in [0, 0.1) is 52.5 Å². The lowest BCUT2D eigenvalue weighted by Crippen LogP contribution is -2.43. The molecule has 0 saturated heterocycles. The smallest absolute Gasteiger partial charge is 0.294 e. The molecule has 0 radical (unpaired) electrons. The van der Waals surface area contributed by atoms with Crippen molar-refractivity contribution >= 4 is 63.1 Å². The van der Waals surface area contributed by atoms with Gasteiger partial charge in [0, 0.05) is 22.6 Å². The van der Waals surface area contributed by atoms with Gasteiger partial charge in [0.25, 0.3) is 40.5 Å². The standard InChI is InChI=1S/C33H18F8O14S4/c1-11-20(59(51,52)53)9-13-7-15(57(45,46)47)3-5-18(13)31(11)55-33-29(40)25(36)22(26(37)30(33)41)21-23(34)27(38)32(28(39)24(21)35)54-19-10-16(58(48,49)50)8-12-6-14(56(42,43)44)2-4-17(12)19/h2-11,20H,1H3,(H,42,43,44)(H,45,46,47)(H,48,49,50)(H,51,52,53). The molecule has 1 aliphatic rings. The highest BCUT2D eigenvalue weighted by molar-refractivity contribution is 7.87. The minimum Gasteiger partial charge on any atom is -0.454 e. The van der Waals surface area contributed by atoms with Gasteiger partial charge in [-0.05, 0) is 53.1 Å². The van der Waals surface area contributed by atoms with Gasteiger partial charge in [0.2, 0.25) is 34.8 Å². The van der Waals surface area contributed by atoms with E-state index in [1.165, 1.54) is 0 Å². The summed E-state index contributed by atoms with van der Waals surface area (Å²) in [6, 6.07) is 5.04. The highest BCUT2D eigenvalue weighted by Gasteiger charge is 2.39. The summed E-state index contributed by atoms with van der Waals surface area (Å²) < 4.78 is 267. The maximum Gasteiger partial charge on any atom is 0.294 e. The zero-order chi connectivity index (χ0) is 44.1. The van der Waals surface area contributed by atoms with Gasteiger partial charge in [-0.2, -0.15) is 51.2 Å². The van der Waals surface area contributed by atoms with Crippen molar-refractivity contribution in [3.05, 3.63) is 106 Å². The summed E-state index contributed by atoms with van der Waals surface area (Å²) in [5, 5.41) is -4.02. The monoisotopic (exact) mass is 918 g/mol. The minimum atomic E-state index is -5.27. The molecule has 0 aliphatic heterocycles. The van der Waals surface area contributed by atoms with Crippen LogP contribution in [0.15, 0.2) is 63.2 Å². The van der Waals surface area contributed by atoms with E-state index in [-0.39, 0.29) is 0 Å². The highest BCUT2D eigenvalue weighted by atomic mass is 32.2. The summed E-state index contributed by atoms with van der Waals surface area (Å²) in [4.78, 5) is -2.90. The summed E-state index contributed by atoms with van der Waals surface area (Å²) in [7, 11) is -20.4. The second-order valence-electron chi connectivity index (χ2n) is 12.4. The van der Waals surface area contributed by atoms with Crippen molar-refractivity contribution in [3.63, 3.8) is 0 Å². The third-order valence-corrected chi connectivity index (χ3v) is 12.5. The van der Waals surface area contributed by atoms with E-state index in [4.69, 9.17) is 9.47 Å². The molecule has 4 N–H and O–H groups in total. The van der Waals surface area contributed by atoms with Crippen molar-refractivity contribution in [3.8, 4) is 28.4 Å². The predicted molar refractivity (Wildman–Crippen MR) is 184 cm³/mol. The maximum atomic E-state index is 15.6. The molecule has 5 aromatic rings. The Bertz CT molecular complexity index is 3230. The van der Waals surface area contributed by atoms with Crippen molar-refractivity contribution in [2.75, 3.05) is 0 Å². The molecule has 1 aliphatic carbocycles. The van der Waals surface area contributed by atoms with E-state index in [0.717, 1.165) is 25.1 Å². The molecule has 0 spiro atoms. The lowest BCUT2D eigenvalue weighted by atomic mass is 9.96. The minimum absolute atomic E-state index is 0.337. The third kappa shape index (κ3) is 7.72. The van der Waals surface area contributed by atoms with E-state index < -0.39 is 168 Å². The van der Waals surface area contributed by atoms with Crippen LogP contribution in [-0.4, -0.2) is 57.1 Å². The largest absolute Gasteiger partial charge is 0.454 e. The maximum absolute atomic E-state index is 15.6. The van der Waals surface area contributed by atoms with Crippen LogP contribution in [-0.2, 0) is 40.5 Å². The Hall–Kier alpha value is -5.22. The second-order valence-corrected chi connectivity index (χ2v) is 18.2. The van der Waals surface area contributed by atoms with Crippen molar-refractivity contribution in [2.24, 2.45) is 5.92 Å². The first-order valence-corrected chi connectivity index (χ1v) is 21.3. The normalized spacial score (nSPS) is 16.2. The SMILES string of the molecule is CC1C(Oc2c(F)c(F)c(-c3c(F)c(F)c(Oc4cc(S(=O)(=O)O)cc5cc(S(=O)(=O)O)ccc45)c(F)c3F)c(F)c2F)=c2ccc(S(=O)(=O)O)cc2=CC1S(=O)(=O)O. The molecule has 0 fully saturated rings. The molecular formula is C33H18F8O14S4. The van der Waals surface area contributed by atoms with Gasteiger partial charge >= 0.3 is 0 Å². The average Bonchev–Trinajstić information content (AvgIpc) is 3.13. The molecule has 2 atom stereocenters. The molecule has 14 nitrogen and oxygen atoms in total. The Kier molecular flexibility index (Phi) is 10.7. The van der Waals surface area contributed by atoms with Crippen LogP contribution >= 0.6 is 0 Å². The van der Waals surface area contributed by atoms with E-state index in [1.54, 1.807) is 0 Å². The van der Waals surface area contributed by atoms with E-state index in [0.29, 0.717) is 36.4 Å². The predicted octanol–water partition coefficient (Wildman–Crippen LogP) is 5.03. The molecule has 0 saturated carbocycles. The van der Waals surface area contributed by atoms with Crippen molar-refractivity contribution < 1.29 is 96.5 Å². The van der Waals surface area contributed by atoms with Crippen molar-refractivity contribution in [2.45, 2.75) is 26.9 Å². The van der Waals surface area contributed by atoms with Crippen LogP contribution in [0.2, 0.25) is 0 Å². The average molecular weight is 919 g/mol. The molecule has 5 aromatic carbocycles. The molecule has 26 heteroatoms. The molecule has 0 bridgehead atoms. The summed E-state index contributed by atoms with van der Waals surface area (Å²) in [6.45, 7) is 0.958. The zero-order valence-corrected chi connectivity index (χ0v) is 31.6. The molecule has 2 unspecified atom stereocenters. The van der Waals surface area contributed by atoms with E-state index in [1.807, 2.05) is 0 Å². The number of halogens is 8. The quantitative estimate of drug-likeness (QED) is 0.0863. The van der Waals surface area contributed by atoms with Gasteiger partial charge in [0.1, 0.15) is 16.8 Å². The lowest BCUT2D eigenvalue weighted by Gasteiger charge is -2.26. The Morgan fingerprint density at radius 1 is 0.525 bits per heavy atom. The van der Waals surface area contributed by atoms with Crippen molar-refractivity contribution in [1.82, 2.24) is 0 Å². The first-order valence-electron chi connectivity index (χ1n) is 15.4. The second kappa shape index (κ2) is 14.5. The number of hydrogen-bond donors (Lipinski definition) is 4. The van der Waals surface area contributed by atoms with Crippen LogP contribution in [0.1, 0.15) is 6.92 Å². The lowest BCUT2D eigenvalue weighted by molar-refractivity contribution is 0.353. The van der Waals surface area contributed by atoms with Crippen LogP contribution in [0.4, 0.5) is 35.1 Å². The number of rotatable bonds is 9. The molecular weight excluding hydrogens is 901 g/mol. The van der Waals surface area contributed by atoms with Gasteiger partial charge in [-0.3, -0.25) is 18.2 Å². The van der Waals surface area contributed by atoms with Gasteiger partial charge in [-0.25, -0.2) is 17.6 Å². The summed E-state index contributed by atoms with van der Waals surface area (Å²) >= 11 is 0. The summed E-state index contributed by atoms with van der Waals surface area (Å²) in [5.41, 5.74) is -4.85. The topological polar surface area (TPSA) is 236 Å². The van der Waals surface area contributed by atoms with Crippen LogP contribution in [0.3, 0.4) is 0 Å². The van der Waals surface area contributed by atoms with Gasteiger partial charge < -0.3 is 9.47 Å². The van der Waals surface area contributed by atoms with Crippen LogP contribution < -0.4 is 19.9 Å². The van der Waals surface area contributed by atoms with E-state index in [2.05, 4.69) is 0 Å². The Balaban J connectivity index is 1.51. The summed E-state index contributed by atoms with van der Waals surface area (Å²) in [5.74, 6) is -29.6. The first-order chi connectivity index (χ1) is 27.0. The molecule has 0 aromatic heterocycles. The zero-order valence-electron chi connectivity index (χ0n) is 28.4. The van der Waals surface area contributed by atoms with Gasteiger partial charge in [-0.1, -0.05) is 13.0 Å². The fraction of sp³-hybridized carbons (Fsp3) is 0.0909. The van der Waals surface area contributed by atoms with Gasteiger partial charge in [-0.15, -0.1) is 0 Å². The van der Waals surface area contributed by atoms with Gasteiger partial charge in [0.05, 0.1) is 25.8 Å². The number of ether oxygens (including phenoxy) is 2. The van der Waals surface area contributed by atoms with E-state index in [9.17, 15) is 51.9 Å². The van der Waals surface area contributed by atoms with Crippen LogP contribution in [0.25, 0.3) is 33.7 Å². The molecule has 59 heavy (non-hydrogen) atoms. The number of benzene rings is 5. The van der Waals surface area contributed by atoms with E-state index >= 15 is 35.1 Å². The number of fused-ring (bicyclic) bond motifs is 2. The molecule has 314 valence electrons. The highest BCUT2D eigenvalue weighted by Crippen LogP contribution is 2.44. The molecule has 0 heterocycles. The molecule has 0 amide bonds.